The Kier molecular flexibility index (Phi) is 5.62. The molecule has 1 fully saturated rings. The summed E-state index contributed by atoms with van der Waals surface area (Å²) < 4.78 is 5.46. The third-order valence-electron chi connectivity index (χ3n) is 3.65. The van der Waals surface area contributed by atoms with Crippen LogP contribution in [0.5, 0.6) is 0 Å². The average Bonchev–Trinajstić information content (AvgIpc) is 2.25. The minimum absolute atomic E-state index is 0.487. The van der Waals surface area contributed by atoms with E-state index in [1.165, 1.54) is 32.1 Å². The van der Waals surface area contributed by atoms with Crippen molar-refractivity contribution in [2.45, 2.75) is 71.1 Å². The Bertz CT molecular complexity index is 170. The maximum atomic E-state index is 5.46. The summed E-state index contributed by atoms with van der Waals surface area (Å²) in [7, 11) is 1.84. The van der Waals surface area contributed by atoms with Crippen LogP contribution in [0.1, 0.15) is 52.9 Å². The molecule has 0 aromatic heterocycles. The van der Waals surface area contributed by atoms with Crippen LogP contribution in [0.3, 0.4) is 0 Å². The van der Waals surface area contributed by atoms with Crippen LogP contribution in [0.4, 0.5) is 0 Å². The molecule has 0 radical (unpaired) electrons. The van der Waals surface area contributed by atoms with Crippen molar-refractivity contribution in [1.82, 2.24) is 5.32 Å². The summed E-state index contributed by atoms with van der Waals surface area (Å²) in [6.07, 6.45) is 6.79. The molecule has 0 aliphatic heterocycles. The molecule has 0 bridgehead atoms. The molecule has 0 amide bonds. The normalized spacial score (nSPS) is 29.4. The molecule has 2 nitrogen and oxygen atoms in total. The third kappa shape index (κ3) is 4.12. The third-order valence-corrected chi connectivity index (χ3v) is 3.65. The molecule has 1 N–H and O–H groups in total. The van der Waals surface area contributed by atoms with Gasteiger partial charge in [0, 0.05) is 19.2 Å². The van der Waals surface area contributed by atoms with Gasteiger partial charge in [0.1, 0.15) is 0 Å². The second-order valence-corrected chi connectivity index (χ2v) is 5.15. The van der Waals surface area contributed by atoms with Gasteiger partial charge in [-0.2, -0.15) is 0 Å². The molecular weight excluding hydrogens is 186 g/mol. The van der Waals surface area contributed by atoms with Crippen molar-refractivity contribution in [3.8, 4) is 0 Å². The molecule has 1 rings (SSSR count). The van der Waals surface area contributed by atoms with Gasteiger partial charge >= 0.3 is 0 Å². The number of ether oxygens (including phenoxy) is 1. The van der Waals surface area contributed by atoms with Crippen molar-refractivity contribution in [3.05, 3.63) is 0 Å². The van der Waals surface area contributed by atoms with Gasteiger partial charge in [0.2, 0.25) is 0 Å². The number of hydrogen-bond acceptors (Lipinski definition) is 2. The van der Waals surface area contributed by atoms with E-state index in [-0.39, 0.29) is 0 Å². The Morgan fingerprint density at radius 1 is 1.33 bits per heavy atom. The van der Waals surface area contributed by atoms with Gasteiger partial charge in [-0.05, 0) is 38.0 Å². The van der Waals surface area contributed by atoms with E-state index < -0.39 is 0 Å². The SMILES string of the molecule is CCC(NC1CCCC(OC)C1)C(C)C. The lowest BCUT2D eigenvalue weighted by Crippen LogP contribution is -2.44. The monoisotopic (exact) mass is 213 g/mol. The predicted octanol–water partition coefficient (Wildman–Crippen LogP) is 2.97. The summed E-state index contributed by atoms with van der Waals surface area (Å²) in [4.78, 5) is 0. The van der Waals surface area contributed by atoms with Crippen molar-refractivity contribution in [2.75, 3.05) is 7.11 Å². The fourth-order valence-corrected chi connectivity index (χ4v) is 2.59. The van der Waals surface area contributed by atoms with Crippen molar-refractivity contribution >= 4 is 0 Å². The van der Waals surface area contributed by atoms with Crippen LogP contribution in [0.15, 0.2) is 0 Å². The van der Waals surface area contributed by atoms with Gasteiger partial charge in [-0.25, -0.2) is 0 Å². The fourth-order valence-electron chi connectivity index (χ4n) is 2.59. The molecule has 0 aromatic carbocycles. The number of rotatable bonds is 5. The van der Waals surface area contributed by atoms with Gasteiger partial charge in [-0.3, -0.25) is 0 Å². The maximum Gasteiger partial charge on any atom is 0.0586 e. The zero-order chi connectivity index (χ0) is 11.3. The van der Waals surface area contributed by atoms with Gasteiger partial charge < -0.3 is 10.1 Å². The molecule has 0 heterocycles. The van der Waals surface area contributed by atoms with Crippen LogP contribution < -0.4 is 5.32 Å². The second kappa shape index (κ2) is 6.49. The Labute approximate surface area is 94.8 Å². The zero-order valence-electron chi connectivity index (χ0n) is 10.8. The molecule has 0 saturated heterocycles. The standard InChI is InChI=1S/C13H27NO/c1-5-13(10(2)3)14-11-7-6-8-12(9-11)15-4/h10-14H,5-9H2,1-4H3. The van der Waals surface area contributed by atoms with E-state index in [0.29, 0.717) is 18.2 Å². The van der Waals surface area contributed by atoms with Crippen molar-refractivity contribution in [1.29, 1.82) is 0 Å². The topological polar surface area (TPSA) is 21.3 Å². The molecule has 2 heteroatoms. The molecule has 0 spiro atoms. The quantitative estimate of drug-likeness (QED) is 0.758. The molecule has 1 saturated carbocycles. The van der Waals surface area contributed by atoms with E-state index in [2.05, 4.69) is 26.1 Å². The van der Waals surface area contributed by atoms with E-state index in [1.807, 2.05) is 7.11 Å². The molecule has 0 aromatic rings. The largest absolute Gasteiger partial charge is 0.381 e. The van der Waals surface area contributed by atoms with Gasteiger partial charge in [-0.1, -0.05) is 20.8 Å². The lowest BCUT2D eigenvalue weighted by molar-refractivity contribution is 0.0555. The van der Waals surface area contributed by atoms with Crippen LogP contribution >= 0.6 is 0 Å². The fraction of sp³-hybridized carbons (Fsp3) is 1.00. The van der Waals surface area contributed by atoms with Crippen LogP contribution in [-0.4, -0.2) is 25.3 Å². The van der Waals surface area contributed by atoms with E-state index >= 15 is 0 Å². The Morgan fingerprint density at radius 2 is 2.07 bits per heavy atom. The summed E-state index contributed by atoms with van der Waals surface area (Å²) in [5.74, 6) is 0.734. The highest BCUT2D eigenvalue weighted by Gasteiger charge is 2.24. The predicted molar refractivity (Wildman–Crippen MR) is 65.1 cm³/mol. The van der Waals surface area contributed by atoms with E-state index in [9.17, 15) is 0 Å². The van der Waals surface area contributed by atoms with E-state index in [4.69, 9.17) is 4.74 Å². The molecule has 15 heavy (non-hydrogen) atoms. The van der Waals surface area contributed by atoms with Crippen molar-refractivity contribution in [3.63, 3.8) is 0 Å². The second-order valence-electron chi connectivity index (χ2n) is 5.15. The first-order chi connectivity index (χ1) is 7.17. The van der Waals surface area contributed by atoms with Gasteiger partial charge in [0.05, 0.1) is 6.10 Å². The highest BCUT2D eigenvalue weighted by molar-refractivity contribution is 4.82. The summed E-state index contributed by atoms with van der Waals surface area (Å²) in [5, 5.41) is 3.79. The number of hydrogen-bond donors (Lipinski definition) is 1. The van der Waals surface area contributed by atoms with E-state index in [0.717, 1.165) is 5.92 Å². The highest BCUT2D eigenvalue weighted by atomic mass is 16.5. The Balaban J connectivity index is 2.36. The van der Waals surface area contributed by atoms with Gasteiger partial charge in [0.25, 0.3) is 0 Å². The lowest BCUT2D eigenvalue weighted by Gasteiger charge is -2.33. The van der Waals surface area contributed by atoms with Crippen LogP contribution in [0, 0.1) is 5.92 Å². The maximum absolute atomic E-state index is 5.46. The molecule has 3 atom stereocenters. The van der Waals surface area contributed by atoms with Gasteiger partial charge in [0.15, 0.2) is 0 Å². The summed E-state index contributed by atoms with van der Waals surface area (Å²) in [6.45, 7) is 6.88. The Morgan fingerprint density at radius 3 is 2.60 bits per heavy atom. The van der Waals surface area contributed by atoms with Gasteiger partial charge in [-0.15, -0.1) is 0 Å². The van der Waals surface area contributed by atoms with Crippen LogP contribution in [0.25, 0.3) is 0 Å². The van der Waals surface area contributed by atoms with Crippen LogP contribution in [-0.2, 0) is 4.74 Å². The molecular formula is C13H27NO. The highest BCUT2D eigenvalue weighted by Crippen LogP contribution is 2.22. The number of nitrogens with one attached hydrogen (secondary N) is 1. The summed E-state index contributed by atoms with van der Waals surface area (Å²) in [5.41, 5.74) is 0. The first kappa shape index (κ1) is 13.0. The van der Waals surface area contributed by atoms with E-state index in [1.54, 1.807) is 0 Å². The molecule has 90 valence electrons. The number of methoxy groups -OCH3 is 1. The zero-order valence-corrected chi connectivity index (χ0v) is 10.8. The smallest absolute Gasteiger partial charge is 0.0586 e. The average molecular weight is 213 g/mol. The molecule has 1 aliphatic rings. The minimum Gasteiger partial charge on any atom is -0.381 e. The van der Waals surface area contributed by atoms with Crippen LogP contribution in [0.2, 0.25) is 0 Å². The van der Waals surface area contributed by atoms with Crippen molar-refractivity contribution < 1.29 is 4.74 Å². The molecule has 1 aliphatic carbocycles. The first-order valence-corrected chi connectivity index (χ1v) is 6.46. The summed E-state index contributed by atoms with van der Waals surface area (Å²) in [6, 6.07) is 1.35. The first-order valence-electron chi connectivity index (χ1n) is 6.46. The lowest BCUT2D eigenvalue weighted by atomic mass is 9.90. The Hall–Kier alpha value is -0.0800. The van der Waals surface area contributed by atoms with Crippen molar-refractivity contribution in [2.24, 2.45) is 5.92 Å². The molecule has 3 unspecified atom stereocenters. The summed E-state index contributed by atoms with van der Waals surface area (Å²) >= 11 is 0. The minimum atomic E-state index is 0.487.